The predicted molar refractivity (Wildman–Crippen MR) is 68.7 cm³/mol. The van der Waals surface area contributed by atoms with Gasteiger partial charge >= 0.3 is 0 Å². The van der Waals surface area contributed by atoms with Crippen molar-refractivity contribution in [2.24, 2.45) is 13.0 Å². The zero-order chi connectivity index (χ0) is 13.3. The van der Waals surface area contributed by atoms with E-state index in [-0.39, 0.29) is 11.1 Å². The molecule has 0 radical (unpaired) electrons. The van der Waals surface area contributed by atoms with Crippen LogP contribution in [0.2, 0.25) is 0 Å². The quantitative estimate of drug-likeness (QED) is 0.812. The highest BCUT2D eigenvalue weighted by atomic mass is 32.2. The lowest BCUT2D eigenvalue weighted by Gasteiger charge is -2.29. The molecule has 0 bridgehead atoms. The highest BCUT2D eigenvalue weighted by Crippen LogP contribution is 2.15. The Morgan fingerprint density at radius 3 is 2.83 bits per heavy atom. The average molecular weight is 272 g/mol. The minimum atomic E-state index is -3.52. The molecule has 2 unspecified atom stereocenters. The van der Waals surface area contributed by atoms with Crippen LogP contribution >= 0.6 is 0 Å². The molecule has 0 saturated carbocycles. The second-order valence-electron chi connectivity index (χ2n) is 4.94. The zero-order valence-corrected chi connectivity index (χ0v) is 11.8. The maximum absolute atomic E-state index is 12.2. The van der Waals surface area contributed by atoms with Gasteiger partial charge in [0.2, 0.25) is 0 Å². The molecule has 0 spiro atoms. The van der Waals surface area contributed by atoms with Gasteiger partial charge in [0.05, 0.1) is 0 Å². The fourth-order valence-electron chi connectivity index (χ4n) is 2.06. The Hall–Kier alpha value is -0.920. The Labute approximate surface area is 108 Å². The van der Waals surface area contributed by atoms with E-state index in [1.54, 1.807) is 24.7 Å². The van der Waals surface area contributed by atoms with E-state index >= 15 is 0 Å². The number of hydrogen-bond acceptors (Lipinski definition) is 4. The van der Waals surface area contributed by atoms with Crippen molar-refractivity contribution in [3.05, 3.63) is 12.0 Å². The van der Waals surface area contributed by atoms with Gasteiger partial charge in [-0.15, -0.1) is 0 Å². The molecule has 0 aromatic carbocycles. The molecule has 7 heteroatoms. The molecule has 1 aromatic heterocycles. The number of nitrogens with one attached hydrogen (secondary N) is 2. The Morgan fingerprint density at radius 2 is 2.28 bits per heavy atom. The fourth-order valence-corrected chi connectivity index (χ4v) is 3.45. The van der Waals surface area contributed by atoms with Crippen molar-refractivity contribution >= 4 is 10.0 Å². The molecule has 1 aliphatic heterocycles. The number of aromatic nitrogens is 2. The largest absolute Gasteiger partial charge is 0.337 e. The predicted octanol–water partition coefficient (Wildman–Crippen LogP) is 0.00482. The number of hydrogen-bond donors (Lipinski definition) is 2. The van der Waals surface area contributed by atoms with Crippen LogP contribution in [-0.4, -0.2) is 37.1 Å². The number of nitrogens with zero attached hydrogens (tertiary/aromatic N) is 2. The van der Waals surface area contributed by atoms with Crippen molar-refractivity contribution in [1.29, 1.82) is 0 Å². The van der Waals surface area contributed by atoms with E-state index in [0.717, 1.165) is 13.0 Å². The first-order valence-corrected chi connectivity index (χ1v) is 7.61. The van der Waals surface area contributed by atoms with Gasteiger partial charge in [-0.2, -0.15) is 0 Å². The first-order valence-electron chi connectivity index (χ1n) is 6.13. The first-order chi connectivity index (χ1) is 8.40. The van der Waals surface area contributed by atoms with Crippen molar-refractivity contribution in [3.63, 3.8) is 0 Å². The molecule has 2 atom stereocenters. The molecule has 18 heavy (non-hydrogen) atoms. The van der Waals surface area contributed by atoms with E-state index in [9.17, 15) is 8.42 Å². The lowest BCUT2D eigenvalue weighted by Crippen LogP contribution is -2.50. The Morgan fingerprint density at radius 1 is 1.56 bits per heavy atom. The van der Waals surface area contributed by atoms with E-state index in [4.69, 9.17) is 0 Å². The third-order valence-electron chi connectivity index (χ3n) is 3.50. The Kier molecular flexibility index (Phi) is 3.74. The summed E-state index contributed by atoms with van der Waals surface area (Å²) in [5.74, 6) is 1.02. The number of rotatable bonds is 3. The molecular formula is C11H20N4O2S. The van der Waals surface area contributed by atoms with Gasteiger partial charge in [-0.25, -0.2) is 18.1 Å². The lowest BCUT2D eigenvalue weighted by atomic mass is 9.96. The van der Waals surface area contributed by atoms with Gasteiger partial charge < -0.3 is 9.88 Å². The standard InChI is InChI=1S/C11H20N4O2S/c1-8-4-5-12-6-10(8)14-18(16,17)11-7-15(3)9(2)13-11/h7-8,10,12,14H,4-6H2,1-3H3. The monoisotopic (exact) mass is 272 g/mol. The van der Waals surface area contributed by atoms with Gasteiger partial charge in [0.15, 0.2) is 5.03 Å². The smallest absolute Gasteiger partial charge is 0.259 e. The molecule has 0 aliphatic carbocycles. The van der Waals surface area contributed by atoms with E-state index in [1.165, 1.54) is 0 Å². The minimum Gasteiger partial charge on any atom is -0.337 e. The number of imidazole rings is 1. The molecule has 0 amide bonds. The molecule has 1 aromatic rings. The molecule has 1 fully saturated rings. The third kappa shape index (κ3) is 2.73. The van der Waals surface area contributed by atoms with Crippen LogP contribution in [0, 0.1) is 12.8 Å². The molecule has 6 nitrogen and oxygen atoms in total. The minimum absolute atomic E-state index is 0.0638. The maximum atomic E-state index is 12.2. The molecule has 2 rings (SSSR count). The molecule has 2 N–H and O–H groups in total. The van der Waals surface area contributed by atoms with Crippen molar-refractivity contribution in [2.75, 3.05) is 13.1 Å². The number of aryl methyl sites for hydroxylation is 2. The fraction of sp³-hybridized carbons (Fsp3) is 0.727. The van der Waals surface area contributed by atoms with Crippen LogP contribution in [-0.2, 0) is 17.1 Å². The molecule has 1 saturated heterocycles. The number of piperidine rings is 1. The molecule has 1 aliphatic rings. The normalized spacial score (nSPS) is 25.3. The second kappa shape index (κ2) is 4.99. The molecule has 2 heterocycles. The second-order valence-corrected chi connectivity index (χ2v) is 6.60. The van der Waals surface area contributed by atoms with E-state index < -0.39 is 10.0 Å². The average Bonchev–Trinajstić information content (AvgIpc) is 2.63. The van der Waals surface area contributed by atoms with Crippen molar-refractivity contribution in [1.82, 2.24) is 19.6 Å². The third-order valence-corrected chi connectivity index (χ3v) is 4.86. The number of sulfonamides is 1. The maximum Gasteiger partial charge on any atom is 0.259 e. The molecule has 102 valence electrons. The summed E-state index contributed by atoms with van der Waals surface area (Å²) in [4.78, 5) is 4.06. The van der Waals surface area contributed by atoms with E-state index in [1.807, 2.05) is 0 Å². The summed E-state index contributed by atoms with van der Waals surface area (Å²) < 4.78 is 28.8. The summed E-state index contributed by atoms with van der Waals surface area (Å²) in [5, 5.41) is 3.30. The summed E-state index contributed by atoms with van der Waals surface area (Å²) in [6, 6.07) is -0.0638. The summed E-state index contributed by atoms with van der Waals surface area (Å²) >= 11 is 0. The lowest BCUT2D eigenvalue weighted by molar-refractivity contribution is 0.327. The van der Waals surface area contributed by atoms with Gasteiger partial charge in [-0.3, -0.25) is 0 Å². The van der Waals surface area contributed by atoms with Gasteiger partial charge in [0.25, 0.3) is 10.0 Å². The highest BCUT2D eigenvalue weighted by Gasteiger charge is 2.28. The van der Waals surface area contributed by atoms with Crippen LogP contribution in [0.4, 0.5) is 0 Å². The van der Waals surface area contributed by atoms with E-state index in [2.05, 4.69) is 21.9 Å². The summed E-state index contributed by atoms with van der Waals surface area (Å²) in [6.45, 7) is 5.47. The van der Waals surface area contributed by atoms with Crippen molar-refractivity contribution < 1.29 is 8.42 Å². The van der Waals surface area contributed by atoms with Crippen molar-refractivity contribution in [3.8, 4) is 0 Å². The van der Waals surface area contributed by atoms with Crippen LogP contribution < -0.4 is 10.0 Å². The van der Waals surface area contributed by atoms with Crippen LogP contribution in [0.25, 0.3) is 0 Å². The Balaban J connectivity index is 2.16. The van der Waals surface area contributed by atoms with Gasteiger partial charge in [-0.05, 0) is 25.8 Å². The molecular weight excluding hydrogens is 252 g/mol. The summed E-state index contributed by atoms with van der Waals surface area (Å²) in [5.41, 5.74) is 0. The first kappa shape index (κ1) is 13.5. The van der Waals surface area contributed by atoms with Crippen LogP contribution in [0.5, 0.6) is 0 Å². The summed E-state index contributed by atoms with van der Waals surface area (Å²) in [7, 11) is -1.73. The SMILES string of the molecule is Cc1nc(S(=O)(=O)NC2CNCCC2C)cn1C. The van der Waals surface area contributed by atoms with Crippen molar-refractivity contribution in [2.45, 2.75) is 31.3 Å². The summed E-state index contributed by atoms with van der Waals surface area (Å²) in [6.07, 6.45) is 2.52. The van der Waals surface area contributed by atoms with Crippen LogP contribution in [0.15, 0.2) is 11.2 Å². The Bertz CT molecular complexity index is 504. The highest BCUT2D eigenvalue weighted by molar-refractivity contribution is 7.89. The van der Waals surface area contributed by atoms with Gasteiger partial charge in [0.1, 0.15) is 5.82 Å². The van der Waals surface area contributed by atoms with Gasteiger partial charge in [0, 0.05) is 25.8 Å². The van der Waals surface area contributed by atoms with Crippen LogP contribution in [0.1, 0.15) is 19.2 Å². The topological polar surface area (TPSA) is 76.0 Å². The van der Waals surface area contributed by atoms with Crippen LogP contribution in [0.3, 0.4) is 0 Å². The van der Waals surface area contributed by atoms with Gasteiger partial charge in [-0.1, -0.05) is 6.92 Å². The van der Waals surface area contributed by atoms with E-state index in [0.29, 0.717) is 18.3 Å². The zero-order valence-electron chi connectivity index (χ0n) is 11.0.